The van der Waals surface area contributed by atoms with E-state index in [0.717, 1.165) is 12.8 Å². The van der Waals surface area contributed by atoms with Crippen molar-refractivity contribution in [3.8, 4) is 0 Å². The van der Waals surface area contributed by atoms with Gasteiger partial charge in [0.15, 0.2) is 0 Å². The number of nitrogens with one attached hydrogen (secondary N) is 2. The molecule has 3 amide bonds. The van der Waals surface area contributed by atoms with E-state index in [-0.39, 0.29) is 12.5 Å². The first kappa shape index (κ1) is 12.3. The summed E-state index contributed by atoms with van der Waals surface area (Å²) >= 11 is 1.87. The van der Waals surface area contributed by atoms with Crippen LogP contribution in [0, 0.1) is 0 Å². The molecule has 1 saturated carbocycles. The minimum atomic E-state index is -0.796. The molecular weight excluding hydrogens is 214 g/mol. The number of carbonyl (C=O) groups excluding carboxylic acids is 2. The molecule has 0 bridgehead atoms. The summed E-state index contributed by atoms with van der Waals surface area (Å²) < 4.78 is 0. The number of hydrogen-bond acceptors (Lipinski definition) is 4. The number of hydrogen-bond donors (Lipinski definition) is 3. The predicted octanol–water partition coefficient (Wildman–Crippen LogP) is 0.0550. The van der Waals surface area contributed by atoms with Gasteiger partial charge < -0.3 is 11.1 Å². The molecule has 15 heavy (non-hydrogen) atoms. The van der Waals surface area contributed by atoms with E-state index in [2.05, 4.69) is 11.6 Å². The third-order valence-electron chi connectivity index (χ3n) is 2.53. The molecule has 0 spiro atoms. The summed E-state index contributed by atoms with van der Waals surface area (Å²) in [6.07, 6.45) is 5.48. The van der Waals surface area contributed by atoms with E-state index in [1.807, 2.05) is 17.1 Å². The number of nitrogens with two attached hydrogens (primary N) is 1. The molecule has 0 saturated heterocycles. The first-order valence-electron chi connectivity index (χ1n) is 4.97. The molecule has 2 atom stereocenters. The average molecular weight is 231 g/mol. The lowest BCUT2D eigenvalue weighted by molar-refractivity contribution is -0.119. The molecular formula is C9H17N3O2S. The summed E-state index contributed by atoms with van der Waals surface area (Å²) in [5.41, 5.74) is 4.82. The number of thioether (sulfide) groups is 1. The van der Waals surface area contributed by atoms with Gasteiger partial charge in [-0.15, -0.1) is 0 Å². The van der Waals surface area contributed by atoms with Crippen LogP contribution in [0.15, 0.2) is 0 Å². The lowest BCUT2D eigenvalue weighted by atomic mass is 10.2. The predicted molar refractivity (Wildman–Crippen MR) is 60.7 cm³/mol. The summed E-state index contributed by atoms with van der Waals surface area (Å²) in [4.78, 5) is 21.4. The molecule has 0 radical (unpaired) electrons. The maximum Gasteiger partial charge on any atom is 0.318 e. The van der Waals surface area contributed by atoms with Crippen LogP contribution in [0.5, 0.6) is 0 Å². The van der Waals surface area contributed by atoms with Crippen LogP contribution in [0.2, 0.25) is 0 Å². The van der Waals surface area contributed by atoms with Crippen LogP contribution >= 0.6 is 11.8 Å². The molecule has 0 aliphatic heterocycles. The fraction of sp³-hybridized carbons (Fsp3) is 0.778. The Morgan fingerprint density at radius 1 is 1.47 bits per heavy atom. The molecule has 0 aromatic carbocycles. The summed E-state index contributed by atoms with van der Waals surface area (Å²) in [6.45, 7) is 0.161. The summed E-state index contributed by atoms with van der Waals surface area (Å²) in [6, 6.07) is -0.406. The van der Waals surface area contributed by atoms with Gasteiger partial charge in [0.25, 0.3) is 0 Å². The minimum absolute atomic E-state index is 0.161. The molecule has 0 heterocycles. The van der Waals surface area contributed by atoms with Crippen LogP contribution in [0.3, 0.4) is 0 Å². The Labute approximate surface area is 93.5 Å². The van der Waals surface area contributed by atoms with Gasteiger partial charge in [0.2, 0.25) is 5.91 Å². The SMILES string of the molecule is CSC1CCC(NCC(=O)NC(N)=O)C1. The van der Waals surface area contributed by atoms with Gasteiger partial charge in [-0.2, -0.15) is 11.8 Å². The number of amides is 3. The van der Waals surface area contributed by atoms with Crippen molar-refractivity contribution in [1.29, 1.82) is 0 Å². The van der Waals surface area contributed by atoms with Gasteiger partial charge in [-0.1, -0.05) is 0 Å². The minimum Gasteiger partial charge on any atom is -0.351 e. The lowest BCUT2D eigenvalue weighted by Gasteiger charge is -2.11. The second kappa shape index (κ2) is 5.97. The number of imide groups is 1. The van der Waals surface area contributed by atoms with Crippen molar-refractivity contribution < 1.29 is 9.59 Å². The largest absolute Gasteiger partial charge is 0.351 e. The number of primary amides is 1. The van der Waals surface area contributed by atoms with Crippen molar-refractivity contribution in [2.45, 2.75) is 30.6 Å². The summed E-state index contributed by atoms with van der Waals surface area (Å²) in [5.74, 6) is -0.366. The molecule has 0 aromatic rings. The Morgan fingerprint density at radius 2 is 2.20 bits per heavy atom. The van der Waals surface area contributed by atoms with E-state index in [1.165, 1.54) is 6.42 Å². The molecule has 4 N–H and O–H groups in total. The Morgan fingerprint density at radius 3 is 2.73 bits per heavy atom. The number of carbonyl (C=O) groups is 2. The van der Waals surface area contributed by atoms with E-state index in [9.17, 15) is 9.59 Å². The first-order valence-corrected chi connectivity index (χ1v) is 6.26. The third-order valence-corrected chi connectivity index (χ3v) is 3.63. The highest BCUT2D eigenvalue weighted by Gasteiger charge is 2.23. The van der Waals surface area contributed by atoms with Gasteiger partial charge in [-0.25, -0.2) is 4.79 Å². The van der Waals surface area contributed by atoms with Crippen molar-refractivity contribution >= 4 is 23.7 Å². The Bertz CT molecular complexity index is 248. The van der Waals surface area contributed by atoms with Crippen LogP contribution in [-0.4, -0.2) is 36.0 Å². The number of urea groups is 1. The molecule has 2 unspecified atom stereocenters. The maximum atomic E-state index is 11.1. The van der Waals surface area contributed by atoms with Crippen molar-refractivity contribution in [3.63, 3.8) is 0 Å². The third kappa shape index (κ3) is 4.53. The van der Waals surface area contributed by atoms with Crippen LogP contribution in [0.1, 0.15) is 19.3 Å². The normalized spacial score (nSPS) is 25.1. The average Bonchev–Trinajstić information content (AvgIpc) is 2.61. The molecule has 1 aliphatic carbocycles. The van der Waals surface area contributed by atoms with E-state index in [4.69, 9.17) is 5.73 Å². The van der Waals surface area contributed by atoms with Gasteiger partial charge in [0.1, 0.15) is 0 Å². The highest BCUT2D eigenvalue weighted by molar-refractivity contribution is 7.99. The smallest absolute Gasteiger partial charge is 0.318 e. The molecule has 5 nitrogen and oxygen atoms in total. The zero-order valence-electron chi connectivity index (χ0n) is 8.79. The second-order valence-electron chi connectivity index (χ2n) is 3.66. The first-order chi connectivity index (χ1) is 7.11. The Hall–Kier alpha value is -0.750. The highest BCUT2D eigenvalue weighted by atomic mass is 32.2. The monoisotopic (exact) mass is 231 g/mol. The maximum absolute atomic E-state index is 11.1. The fourth-order valence-corrected chi connectivity index (χ4v) is 2.55. The van der Waals surface area contributed by atoms with Crippen LogP contribution in [-0.2, 0) is 4.79 Å². The van der Waals surface area contributed by atoms with Crippen molar-refractivity contribution in [1.82, 2.24) is 10.6 Å². The van der Waals surface area contributed by atoms with E-state index in [1.54, 1.807) is 0 Å². The Kier molecular flexibility index (Phi) is 4.90. The van der Waals surface area contributed by atoms with E-state index in [0.29, 0.717) is 11.3 Å². The standard InChI is InChI=1S/C9H17N3O2S/c1-15-7-3-2-6(4-7)11-5-8(13)12-9(10)14/h6-7,11H,2-5H2,1H3,(H3,10,12,13,14). The molecule has 6 heteroatoms. The van der Waals surface area contributed by atoms with Crippen LogP contribution < -0.4 is 16.4 Å². The lowest BCUT2D eigenvalue weighted by Crippen LogP contribution is -2.42. The van der Waals surface area contributed by atoms with Gasteiger partial charge in [-0.05, 0) is 25.5 Å². The molecule has 0 aromatic heterocycles. The fourth-order valence-electron chi connectivity index (χ4n) is 1.76. The van der Waals surface area contributed by atoms with Gasteiger partial charge in [0, 0.05) is 11.3 Å². The van der Waals surface area contributed by atoms with E-state index < -0.39 is 6.03 Å². The molecule has 1 rings (SSSR count). The van der Waals surface area contributed by atoms with E-state index >= 15 is 0 Å². The quantitative estimate of drug-likeness (QED) is 0.638. The number of rotatable bonds is 4. The summed E-state index contributed by atoms with van der Waals surface area (Å²) in [5, 5.41) is 5.84. The van der Waals surface area contributed by atoms with Gasteiger partial charge >= 0.3 is 6.03 Å². The molecule has 86 valence electrons. The molecule has 1 aliphatic rings. The van der Waals surface area contributed by atoms with Crippen molar-refractivity contribution in [2.24, 2.45) is 5.73 Å². The Balaban J connectivity index is 2.15. The van der Waals surface area contributed by atoms with Gasteiger partial charge in [-0.3, -0.25) is 10.1 Å². The van der Waals surface area contributed by atoms with Crippen molar-refractivity contribution in [3.05, 3.63) is 0 Å². The van der Waals surface area contributed by atoms with Crippen LogP contribution in [0.4, 0.5) is 4.79 Å². The van der Waals surface area contributed by atoms with Gasteiger partial charge in [0.05, 0.1) is 6.54 Å². The summed E-state index contributed by atoms with van der Waals surface area (Å²) in [7, 11) is 0. The zero-order chi connectivity index (χ0) is 11.3. The van der Waals surface area contributed by atoms with Crippen molar-refractivity contribution in [2.75, 3.05) is 12.8 Å². The zero-order valence-corrected chi connectivity index (χ0v) is 9.60. The van der Waals surface area contributed by atoms with Crippen LogP contribution in [0.25, 0.3) is 0 Å². The topological polar surface area (TPSA) is 84.2 Å². The second-order valence-corrected chi connectivity index (χ2v) is 4.80. The molecule has 1 fully saturated rings. The highest BCUT2D eigenvalue weighted by Crippen LogP contribution is 2.27.